The first-order valence-corrected chi connectivity index (χ1v) is 8.24. The Balaban J connectivity index is 1.95. The van der Waals surface area contributed by atoms with Crippen molar-refractivity contribution in [3.05, 3.63) is 34.6 Å². The normalized spacial score (nSPS) is 20.0. The number of carbonyl (C=O) groups excluding carboxylic acids is 2. The molecule has 1 aliphatic rings. The number of rotatable bonds is 2. The van der Waals surface area contributed by atoms with Crippen LogP contribution in [0.25, 0.3) is 0 Å². The second kappa shape index (κ2) is 5.98. The molecule has 0 radical (unpaired) electrons. The van der Waals surface area contributed by atoms with Crippen molar-refractivity contribution in [3.63, 3.8) is 0 Å². The van der Waals surface area contributed by atoms with Gasteiger partial charge in [0.2, 0.25) is 5.91 Å². The lowest BCUT2D eigenvalue weighted by atomic mass is 10.1. The van der Waals surface area contributed by atoms with Crippen molar-refractivity contribution >= 4 is 33.3 Å². The zero-order valence-corrected chi connectivity index (χ0v) is 12.3. The number of halogens is 2. The van der Waals surface area contributed by atoms with Gasteiger partial charge < -0.3 is 0 Å². The van der Waals surface area contributed by atoms with E-state index in [-0.39, 0.29) is 28.5 Å². The van der Waals surface area contributed by atoms with Crippen LogP contribution in [-0.2, 0) is 14.6 Å². The molecule has 0 spiro atoms. The number of benzene rings is 1. The second-order valence-corrected chi connectivity index (χ2v) is 7.33. The lowest BCUT2D eigenvalue weighted by Crippen LogP contribution is -2.45. The Morgan fingerprint density at radius 2 is 2.00 bits per heavy atom. The van der Waals surface area contributed by atoms with E-state index in [4.69, 9.17) is 11.6 Å². The molecule has 2 rings (SSSR count). The Hall–Kier alpha value is -1.67. The molecule has 0 aliphatic carbocycles. The highest BCUT2D eigenvalue weighted by molar-refractivity contribution is 7.91. The van der Waals surface area contributed by atoms with Gasteiger partial charge in [0.25, 0.3) is 5.91 Å². The molecule has 1 aromatic carbocycles. The Bertz CT molecular complexity index is 692. The minimum Gasteiger partial charge on any atom is -0.273 e. The number of sulfone groups is 1. The molecule has 1 fully saturated rings. The summed E-state index contributed by atoms with van der Waals surface area (Å²) >= 11 is 5.66. The highest BCUT2D eigenvalue weighted by Crippen LogP contribution is 2.18. The van der Waals surface area contributed by atoms with Crippen LogP contribution in [0, 0.1) is 11.7 Å². The quantitative estimate of drug-likeness (QED) is 0.778. The fourth-order valence-corrected chi connectivity index (χ4v) is 3.87. The Labute approximate surface area is 125 Å². The van der Waals surface area contributed by atoms with Crippen molar-refractivity contribution < 1.29 is 22.4 Å². The predicted molar refractivity (Wildman–Crippen MR) is 73.8 cm³/mol. The molecule has 9 heteroatoms. The van der Waals surface area contributed by atoms with Crippen molar-refractivity contribution in [3.8, 4) is 0 Å². The molecule has 6 nitrogen and oxygen atoms in total. The molecule has 0 unspecified atom stereocenters. The monoisotopic (exact) mass is 334 g/mol. The Kier molecular flexibility index (Phi) is 4.48. The van der Waals surface area contributed by atoms with Crippen LogP contribution in [0.3, 0.4) is 0 Å². The molecule has 1 heterocycles. The summed E-state index contributed by atoms with van der Waals surface area (Å²) in [6, 6.07) is 3.44. The summed E-state index contributed by atoms with van der Waals surface area (Å²) in [5.74, 6) is -3.28. The van der Waals surface area contributed by atoms with Crippen LogP contribution >= 0.6 is 11.6 Å². The van der Waals surface area contributed by atoms with Gasteiger partial charge in [-0.2, -0.15) is 0 Å². The van der Waals surface area contributed by atoms with E-state index in [1.165, 1.54) is 6.07 Å². The average Bonchev–Trinajstić information content (AvgIpc) is 2.79. The summed E-state index contributed by atoms with van der Waals surface area (Å²) < 4.78 is 35.9. The summed E-state index contributed by atoms with van der Waals surface area (Å²) in [4.78, 5) is 23.4. The summed E-state index contributed by atoms with van der Waals surface area (Å²) in [5, 5.41) is 0.176. The first kappa shape index (κ1) is 15.7. The summed E-state index contributed by atoms with van der Waals surface area (Å²) in [6.07, 6.45) is 0.204. The van der Waals surface area contributed by atoms with Crippen LogP contribution in [0.4, 0.5) is 4.39 Å². The summed E-state index contributed by atoms with van der Waals surface area (Å²) in [6.45, 7) is 0. The van der Waals surface area contributed by atoms with E-state index in [2.05, 4.69) is 5.43 Å². The molecule has 1 aromatic rings. The first-order valence-electron chi connectivity index (χ1n) is 6.04. The molecule has 0 aromatic heterocycles. The molecule has 1 saturated heterocycles. The molecule has 0 bridgehead atoms. The molecule has 2 N–H and O–H groups in total. The fraction of sp³-hybridized carbons (Fsp3) is 0.333. The van der Waals surface area contributed by atoms with Crippen LogP contribution in [0.5, 0.6) is 0 Å². The van der Waals surface area contributed by atoms with E-state index >= 15 is 0 Å². The van der Waals surface area contributed by atoms with Crippen molar-refractivity contribution in [2.45, 2.75) is 6.42 Å². The maximum atomic E-state index is 13.4. The second-order valence-electron chi connectivity index (χ2n) is 4.67. The van der Waals surface area contributed by atoms with Gasteiger partial charge in [-0.05, 0) is 24.6 Å². The predicted octanol–water partition coefficient (Wildman–Crippen LogP) is 0.675. The molecular formula is C12H12ClFN2O4S. The number of hydrogen-bond donors (Lipinski definition) is 2. The molecular weight excluding hydrogens is 323 g/mol. The number of hydrogen-bond acceptors (Lipinski definition) is 4. The third-order valence-corrected chi connectivity index (χ3v) is 5.08. The smallest absolute Gasteiger partial charge is 0.272 e. The minimum absolute atomic E-state index is 0.0536. The standard InChI is InChI=1S/C12H12ClFN2O4S/c13-8-1-2-10(14)9(5-8)12(18)16-15-11(17)7-3-4-21(19,20)6-7/h1-2,5,7H,3-4,6H2,(H,15,17)(H,16,18)/t7-/m0/s1. The van der Waals surface area contributed by atoms with Crippen molar-refractivity contribution in [1.29, 1.82) is 0 Å². The highest BCUT2D eigenvalue weighted by Gasteiger charge is 2.33. The van der Waals surface area contributed by atoms with Gasteiger partial charge in [0, 0.05) is 5.02 Å². The molecule has 1 atom stereocenters. The fourth-order valence-electron chi connectivity index (χ4n) is 1.96. The van der Waals surface area contributed by atoms with E-state index in [0.29, 0.717) is 0 Å². The topological polar surface area (TPSA) is 92.3 Å². The number of nitrogens with one attached hydrogen (secondary N) is 2. The largest absolute Gasteiger partial charge is 0.273 e. The van der Waals surface area contributed by atoms with Crippen molar-refractivity contribution in [1.82, 2.24) is 10.9 Å². The third kappa shape index (κ3) is 3.92. The summed E-state index contributed by atoms with van der Waals surface area (Å²) in [7, 11) is -3.19. The van der Waals surface area contributed by atoms with E-state index in [9.17, 15) is 22.4 Å². The average molecular weight is 335 g/mol. The Morgan fingerprint density at radius 3 is 2.62 bits per heavy atom. The minimum atomic E-state index is -3.19. The van der Waals surface area contributed by atoms with Gasteiger partial charge in [0.1, 0.15) is 5.82 Å². The zero-order valence-electron chi connectivity index (χ0n) is 10.7. The van der Waals surface area contributed by atoms with Gasteiger partial charge in [0.05, 0.1) is 23.0 Å². The molecule has 0 saturated carbocycles. The Morgan fingerprint density at radius 1 is 1.29 bits per heavy atom. The van der Waals surface area contributed by atoms with Crippen LogP contribution in [-0.4, -0.2) is 31.7 Å². The zero-order chi connectivity index (χ0) is 15.6. The van der Waals surface area contributed by atoms with Crippen LogP contribution in [0.1, 0.15) is 16.8 Å². The van der Waals surface area contributed by atoms with Crippen molar-refractivity contribution in [2.75, 3.05) is 11.5 Å². The van der Waals surface area contributed by atoms with Gasteiger partial charge in [-0.25, -0.2) is 12.8 Å². The SMILES string of the molecule is O=C(NNC(=O)[C@H]1CCS(=O)(=O)C1)c1cc(Cl)ccc1F. The van der Waals surface area contributed by atoms with Crippen LogP contribution < -0.4 is 10.9 Å². The molecule has 2 amide bonds. The maximum Gasteiger partial charge on any atom is 0.272 e. The van der Waals surface area contributed by atoms with E-state index in [1.54, 1.807) is 0 Å². The van der Waals surface area contributed by atoms with Gasteiger partial charge in [-0.1, -0.05) is 11.6 Å². The molecule has 21 heavy (non-hydrogen) atoms. The van der Waals surface area contributed by atoms with Crippen LogP contribution in [0.15, 0.2) is 18.2 Å². The van der Waals surface area contributed by atoms with E-state index in [1.807, 2.05) is 5.43 Å². The van der Waals surface area contributed by atoms with Gasteiger partial charge in [0.15, 0.2) is 9.84 Å². The third-order valence-electron chi connectivity index (χ3n) is 3.08. The summed E-state index contributed by atoms with van der Waals surface area (Å²) in [5.41, 5.74) is 3.82. The van der Waals surface area contributed by atoms with Crippen LogP contribution in [0.2, 0.25) is 5.02 Å². The van der Waals surface area contributed by atoms with Gasteiger partial charge in [-0.15, -0.1) is 0 Å². The molecule has 1 aliphatic heterocycles. The highest BCUT2D eigenvalue weighted by atomic mass is 35.5. The van der Waals surface area contributed by atoms with Crippen molar-refractivity contribution in [2.24, 2.45) is 5.92 Å². The van der Waals surface area contributed by atoms with Gasteiger partial charge in [-0.3, -0.25) is 20.4 Å². The maximum absolute atomic E-state index is 13.4. The first-order chi connectivity index (χ1) is 9.78. The number of amides is 2. The lowest BCUT2D eigenvalue weighted by molar-refractivity contribution is -0.125. The molecule has 114 valence electrons. The van der Waals surface area contributed by atoms with E-state index in [0.717, 1.165) is 12.1 Å². The number of hydrazine groups is 1. The number of carbonyl (C=O) groups is 2. The van der Waals surface area contributed by atoms with E-state index < -0.39 is 33.4 Å². The lowest BCUT2D eigenvalue weighted by Gasteiger charge is -2.11. The van der Waals surface area contributed by atoms with Gasteiger partial charge >= 0.3 is 0 Å².